The minimum atomic E-state index is -0.390. The Balaban J connectivity index is 0.863. The van der Waals surface area contributed by atoms with Gasteiger partial charge in [-0.3, -0.25) is 4.90 Å². The number of hydrogen-bond donors (Lipinski definition) is 1. The summed E-state index contributed by atoms with van der Waals surface area (Å²) in [4.78, 5) is 9.18. The maximum absolute atomic E-state index is 9.69. The van der Waals surface area contributed by atoms with Crippen LogP contribution in [0.3, 0.4) is 0 Å². The molecule has 0 radical (unpaired) electrons. The van der Waals surface area contributed by atoms with Crippen LogP contribution in [-0.4, -0.2) is 111 Å². The van der Waals surface area contributed by atoms with Crippen molar-refractivity contribution in [2.24, 2.45) is 22.2 Å². The highest BCUT2D eigenvalue weighted by Gasteiger charge is 2.49. The van der Waals surface area contributed by atoms with Crippen molar-refractivity contribution in [1.29, 1.82) is 0 Å². The minimum Gasteiger partial charge on any atom is -0.485 e. The first-order valence-electron chi connectivity index (χ1n) is 22.6. The van der Waals surface area contributed by atoms with E-state index < -0.39 is 0 Å². The zero-order chi connectivity index (χ0) is 42.1. The molecule has 14 heteroatoms. The van der Waals surface area contributed by atoms with Crippen LogP contribution in [-0.2, 0) is 32.0 Å². The Morgan fingerprint density at radius 1 is 0.919 bits per heavy atom. The fourth-order valence-electron chi connectivity index (χ4n) is 8.76. The van der Waals surface area contributed by atoms with Crippen molar-refractivity contribution >= 4 is 0 Å². The summed E-state index contributed by atoms with van der Waals surface area (Å²) in [5.74, 6) is 15.2. The summed E-state index contributed by atoms with van der Waals surface area (Å²) in [6, 6.07) is 8.56. The van der Waals surface area contributed by atoms with E-state index in [2.05, 4.69) is 93.5 Å². The molecule has 2 atom stereocenters. The van der Waals surface area contributed by atoms with Gasteiger partial charge in [-0.25, -0.2) is 9.67 Å². The van der Waals surface area contributed by atoms with Crippen LogP contribution in [0.1, 0.15) is 94.4 Å². The number of pyridine rings is 1. The van der Waals surface area contributed by atoms with Crippen molar-refractivity contribution < 1.29 is 33.5 Å². The first-order valence-corrected chi connectivity index (χ1v) is 22.6. The fourth-order valence-corrected chi connectivity index (χ4v) is 8.76. The second-order valence-electron chi connectivity index (χ2n) is 20.2. The molecule has 2 unspecified atom stereocenters. The van der Waals surface area contributed by atoms with Crippen molar-refractivity contribution in [3.63, 3.8) is 0 Å². The van der Waals surface area contributed by atoms with E-state index in [9.17, 15) is 5.11 Å². The van der Waals surface area contributed by atoms with Gasteiger partial charge < -0.3 is 28.8 Å². The Morgan fingerprint density at radius 2 is 1.71 bits per heavy atom. The Morgan fingerprint density at radius 3 is 2.45 bits per heavy atom. The van der Waals surface area contributed by atoms with Gasteiger partial charge in [0.1, 0.15) is 23.2 Å². The van der Waals surface area contributed by atoms with E-state index in [1.165, 1.54) is 44.1 Å². The number of likely N-dealkylation sites (tertiary alicyclic amines) is 1. The number of hydrogen-bond acceptors (Lipinski definition) is 11. The van der Waals surface area contributed by atoms with E-state index in [-0.39, 0.29) is 47.6 Å². The van der Waals surface area contributed by atoms with Crippen molar-refractivity contribution in [2.45, 2.75) is 109 Å². The van der Waals surface area contributed by atoms with Crippen LogP contribution in [0.4, 0.5) is 0 Å². The van der Waals surface area contributed by atoms with Crippen LogP contribution < -0.4 is 9.42 Å². The molecule has 3 saturated heterocycles. The lowest BCUT2D eigenvalue weighted by Gasteiger charge is -2.46. The molecule has 14 nitrogen and oxygen atoms in total. The summed E-state index contributed by atoms with van der Waals surface area (Å²) < 4.78 is 35.4. The molecule has 324 valence electrons. The van der Waals surface area contributed by atoms with Crippen LogP contribution in [0.25, 0.3) is 22.6 Å². The first kappa shape index (κ1) is 40.1. The average molecular weight is 842 g/mol. The van der Waals surface area contributed by atoms with Gasteiger partial charge >= 0.3 is 0 Å². The predicted octanol–water partition coefficient (Wildman–Crippen LogP) is 4.74. The van der Waals surface area contributed by atoms with Gasteiger partial charge in [0.25, 0.3) is 0 Å². The number of ether oxygens (including phenoxy) is 5. The van der Waals surface area contributed by atoms with Crippen LogP contribution in [0.5, 0.6) is 5.75 Å². The monoisotopic (exact) mass is 841 g/mol. The maximum Gasteiger partial charge on any atom is 0.249 e. The molecule has 7 fully saturated rings. The van der Waals surface area contributed by atoms with Gasteiger partial charge in [0.15, 0.2) is 31.4 Å². The largest absolute Gasteiger partial charge is 0.485 e. The second kappa shape index (κ2) is 15.8. The first-order chi connectivity index (χ1) is 30.1. The molecule has 0 amide bonds. The molecule has 3 aliphatic heterocycles. The number of rotatable bonds is 12. The Kier molecular flexibility index (Phi) is 10.3. The summed E-state index contributed by atoms with van der Waals surface area (Å²) in [6.45, 7) is 12.5. The van der Waals surface area contributed by atoms with E-state index in [4.69, 9.17) is 33.8 Å². The SMILES string of the molecule is CC1(C)COC(C[n+]2cc(-c3ccc(C#CC4CC4)cc3C3CC3)nn2C2CC2Oc2cc(C#CCN3CC(C)(CO)C3)cnc2-c2cn(CC3OCC4(CC4)CO3)nn2)OC1. The summed E-state index contributed by atoms with van der Waals surface area (Å²) >= 11 is 0. The van der Waals surface area contributed by atoms with Gasteiger partial charge in [-0.1, -0.05) is 49.7 Å². The zero-order valence-electron chi connectivity index (χ0n) is 36.1. The normalized spacial score (nSPS) is 25.9. The average Bonchev–Trinajstić information content (AvgIpc) is 4.09. The number of nitrogens with zero attached hydrogens (tertiary/aromatic N) is 8. The van der Waals surface area contributed by atoms with Crippen LogP contribution in [0.2, 0.25) is 0 Å². The molecule has 4 aromatic rings. The zero-order valence-corrected chi connectivity index (χ0v) is 36.1. The highest BCUT2D eigenvalue weighted by Crippen LogP contribution is 2.49. The smallest absolute Gasteiger partial charge is 0.249 e. The number of benzene rings is 1. The summed E-state index contributed by atoms with van der Waals surface area (Å²) in [7, 11) is 0. The van der Waals surface area contributed by atoms with Gasteiger partial charge in [0.2, 0.25) is 5.69 Å². The number of aliphatic hydroxyl groups is 1. The molecule has 6 heterocycles. The number of aromatic nitrogens is 7. The van der Waals surface area contributed by atoms with Gasteiger partial charge in [-0.05, 0) is 79.1 Å². The fraction of sp³-hybridized carbons (Fsp3) is 0.604. The van der Waals surface area contributed by atoms with E-state index >= 15 is 0 Å². The third kappa shape index (κ3) is 8.92. The predicted molar refractivity (Wildman–Crippen MR) is 226 cm³/mol. The lowest BCUT2D eigenvalue weighted by Crippen LogP contribution is -2.56. The molecule has 11 rings (SSSR count). The summed E-state index contributed by atoms with van der Waals surface area (Å²) in [5.41, 5.74) is 6.57. The highest BCUT2D eigenvalue weighted by molar-refractivity contribution is 5.66. The highest BCUT2D eigenvalue weighted by atomic mass is 16.7. The molecule has 4 saturated carbocycles. The van der Waals surface area contributed by atoms with Gasteiger partial charge in [0, 0.05) is 69.7 Å². The number of aliphatic hydroxyl groups excluding tert-OH is 1. The van der Waals surface area contributed by atoms with Crippen molar-refractivity contribution in [2.75, 3.05) is 52.7 Å². The van der Waals surface area contributed by atoms with Gasteiger partial charge in [-0.2, -0.15) is 4.68 Å². The van der Waals surface area contributed by atoms with E-state index in [1.807, 2.05) is 12.3 Å². The van der Waals surface area contributed by atoms with Crippen molar-refractivity contribution in [3.8, 4) is 52.1 Å². The quantitative estimate of drug-likeness (QED) is 0.157. The molecule has 1 N–H and O–H groups in total. The third-order valence-corrected chi connectivity index (χ3v) is 13.2. The van der Waals surface area contributed by atoms with Gasteiger partial charge in [0.05, 0.1) is 52.3 Å². The summed E-state index contributed by atoms with van der Waals surface area (Å²) in [5, 5.41) is 24.0. The molecule has 3 aromatic heterocycles. The van der Waals surface area contributed by atoms with Crippen LogP contribution in [0, 0.1) is 45.8 Å². The van der Waals surface area contributed by atoms with Gasteiger partial charge in [-0.15, -0.1) is 5.10 Å². The van der Waals surface area contributed by atoms with Crippen molar-refractivity contribution in [1.82, 2.24) is 34.8 Å². The lowest BCUT2D eigenvalue weighted by molar-refractivity contribution is -0.791. The topological polar surface area (TPSA) is 135 Å². The van der Waals surface area contributed by atoms with E-state index in [0.29, 0.717) is 61.8 Å². The molecule has 62 heavy (non-hydrogen) atoms. The summed E-state index contributed by atoms with van der Waals surface area (Å²) in [6.07, 6.45) is 12.7. The maximum atomic E-state index is 9.69. The van der Waals surface area contributed by atoms with E-state index in [0.717, 1.165) is 55.1 Å². The molecule has 1 spiro atoms. The lowest BCUT2D eigenvalue weighted by atomic mass is 9.83. The third-order valence-electron chi connectivity index (χ3n) is 13.2. The van der Waals surface area contributed by atoms with Crippen LogP contribution >= 0.6 is 0 Å². The van der Waals surface area contributed by atoms with E-state index in [1.54, 1.807) is 10.9 Å². The molecular weight excluding hydrogens is 785 g/mol. The standard InChI is InChI=1S/C48H57N8O6/c1-46(2)28-58-44(59-29-46)24-55-22-38(36-13-10-33(9-8-32-6-7-32)17-37(36)35-11-12-35)51-56(55)40-19-41(40)62-42-18-34(5-4-16-53-25-47(3,26-53)27-57)20-49-45(42)39-21-54(52-50-39)23-43-60-30-48(14-15-48)31-61-43/h10,13,17-18,20-22,32,35,40-41,43-44,57H,6-7,11-12,14-16,19,23-31H2,1-3H3/q+1. The Bertz CT molecular complexity index is 2440. The molecule has 4 aliphatic carbocycles. The molecule has 0 bridgehead atoms. The molecule has 1 aromatic carbocycles. The second-order valence-corrected chi connectivity index (χ2v) is 20.2. The van der Waals surface area contributed by atoms with Crippen molar-refractivity contribution in [3.05, 3.63) is 59.5 Å². The minimum absolute atomic E-state index is 0.0333. The van der Waals surface area contributed by atoms with Crippen LogP contribution in [0.15, 0.2) is 42.9 Å². The Labute approximate surface area is 363 Å². The molecule has 7 aliphatic rings. The Hall–Kier alpha value is -4.67. The molecular formula is C48H57N8O6+.